The summed E-state index contributed by atoms with van der Waals surface area (Å²) in [6.07, 6.45) is 4.27. The van der Waals surface area contributed by atoms with Gasteiger partial charge in [-0.05, 0) is 58.6 Å². The van der Waals surface area contributed by atoms with E-state index in [4.69, 9.17) is 0 Å². The average Bonchev–Trinajstić information content (AvgIpc) is 3.08. The Morgan fingerprint density at radius 1 is 1.23 bits per heavy atom. The summed E-state index contributed by atoms with van der Waals surface area (Å²) in [7, 11) is 0. The highest BCUT2D eigenvalue weighted by Crippen LogP contribution is 2.19. The molecule has 4 nitrogen and oxygen atoms in total. The fourth-order valence-electron chi connectivity index (χ4n) is 2.61. The maximum Gasteiger partial charge on any atom is 0.252 e. The standard InChI is InChI=1S/C17H18BrN3O/c18-15-6-2-1-5-14(15)17(22)20-12-13-7-8-19-16(11-13)21-9-3-4-10-21/h1-2,5-8,11H,3-4,9-10,12H2,(H,20,22). The highest BCUT2D eigenvalue weighted by molar-refractivity contribution is 9.10. The van der Waals surface area contributed by atoms with Crippen LogP contribution >= 0.6 is 15.9 Å². The van der Waals surface area contributed by atoms with Gasteiger partial charge in [-0.15, -0.1) is 0 Å². The third-order valence-corrected chi connectivity index (χ3v) is 4.50. The topological polar surface area (TPSA) is 45.2 Å². The molecule has 1 aromatic heterocycles. The molecule has 1 aliphatic rings. The lowest BCUT2D eigenvalue weighted by Gasteiger charge is -2.17. The van der Waals surface area contributed by atoms with E-state index in [2.05, 4.69) is 37.2 Å². The van der Waals surface area contributed by atoms with Gasteiger partial charge in [-0.3, -0.25) is 4.79 Å². The van der Waals surface area contributed by atoms with Gasteiger partial charge in [-0.2, -0.15) is 0 Å². The Balaban J connectivity index is 1.65. The number of hydrogen-bond donors (Lipinski definition) is 1. The zero-order valence-corrected chi connectivity index (χ0v) is 13.8. The van der Waals surface area contributed by atoms with Crippen LogP contribution in [0.15, 0.2) is 47.1 Å². The molecule has 22 heavy (non-hydrogen) atoms. The Bertz CT molecular complexity index is 668. The van der Waals surface area contributed by atoms with E-state index < -0.39 is 0 Å². The van der Waals surface area contributed by atoms with Gasteiger partial charge in [0, 0.05) is 30.3 Å². The van der Waals surface area contributed by atoms with Gasteiger partial charge in [0.05, 0.1) is 5.56 Å². The van der Waals surface area contributed by atoms with E-state index in [1.54, 1.807) is 0 Å². The molecule has 1 saturated heterocycles. The Kier molecular flexibility index (Phi) is 4.73. The van der Waals surface area contributed by atoms with E-state index in [0.717, 1.165) is 28.9 Å². The van der Waals surface area contributed by atoms with Gasteiger partial charge in [0.15, 0.2) is 0 Å². The van der Waals surface area contributed by atoms with Crippen molar-refractivity contribution in [1.82, 2.24) is 10.3 Å². The van der Waals surface area contributed by atoms with Gasteiger partial charge in [0.25, 0.3) is 5.91 Å². The van der Waals surface area contributed by atoms with Gasteiger partial charge in [0.2, 0.25) is 0 Å². The highest BCUT2D eigenvalue weighted by Gasteiger charge is 2.14. The monoisotopic (exact) mass is 359 g/mol. The van der Waals surface area contributed by atoms with Gasteiger partial charge in [0.1, 0.15) is 5.82 Å². The summed E-state index contributed by atoms with van der Waals surface area (Å²) in [5.74, 6) is 0.928. The van der Waals surface area contributed by atoms with E-state index in [-0.39, 0.29) is 5.91 Å². The molecule has 0 unspecified atom stereocenters. The first-order chi connectivity index (χ1) is 10.7. The second kappa shape index (κ2) is 6.92. The van der Waals surface area contributed by atoms with Crippen molar-refractivity contribution in [1.29, 1.82) is 0 Å². The predicted molar refractivity (Wildman–Crippen MR) is 91.0 cm³/mol. The molecule has 2 heterocycles. The number of nitrogens with one attached hydrogen (secondary N) is 1. The number of amides is 1. The van der Waals surface area contributed by atoms with Crippen molar-refractivity contribution in [3.8, 4) is 0 Å². The lowest BCUT2D eigenvalue weighted by Crippen LogP contribution is -2.24. The van der Waals surface area contributed by atoms with E-state index in [0.29, 0.717) is 12.1 Å². The Morgan fingerprint density at radius 2 is 2.00 bits per heavy atom. The summed E-state index contributed by atoms with van der Waals surface area (Å²) in [6, 6.07) is 11.4. The zero-order chi connectivity index (χ0) is 15.4. The molecule has 2 aromatic rings. The van der Waals surface area contributed by atoms with Crippen LogP contribution in [0.5, 0.6) is 0 Å². The molecular formula is C17H18BrN3O. The van der Waals surface area contributed by atoms with E-state index in [1.165, 1.54) is 12.8 Å². The van der Waals surface area contributed by atoms with Gasteiger partial charge < -0.3 is 10.2 Å². The fourth-order valence-corrected chi connectivity index (χ4v) is 3.08. The molecule has 0 bridgehead atoms. The molecule has 1 N–H and O–H groups in total. The van der Waals surface area contributed by atoms with Crippen LogP contribution in [0.25, 0.3) is 0 Å². The Hall–Kier alpha value is -1.88. The molecule has 0 aliphatic carbocycles. The molecule has 1 aromatic carbocycles. The van der Waals surface area contributed by atoms with Crippen LogP contribution in [-0.2, 0) is 6.54 Å². The van der Waals surface area contributed by atoms with Gasteiger partial charge >= 0.3 is 0 Å². The van der Waals surface area contributed by atoms with Crippen molar-refractivity contribution in [3.05, 3.63) is 58.2 Å². The number of hydrogen-bond acceptors (Lipinski definition) is 3. The number of halogens is 1. The van der Waals surface area contributed by atoms with Crippen molar-refractivity contribution in [2.75, 3.05) is 18.0 Å². The molecule has 1 fully saturated rings. The van der Waals surface area contributed by atoms with E-state index >= 15 is 0 Å². The number of anilines is 1. The summed E-state index contributed by atoms with van der Waals surface area (Å²) >= 11 is 3.40. The van der Waals surface area contributed by atoms with Crippen molar-refractivity contribution >= 4 is 27.7 Å². The maximum atomic E-state index is 12.2. The molecule has 0 radical (unpaired) electrons. The first kappa shape index (κ1) is 15.0. The average molecular weight is 360 g/mol. The Labute approximate surface area is 138 Å². The largest absolute Gasteiger partial charge is 0.357 e. The predicted octanol–water partition coefficient (Wildman–Crippen LogP) is 3.37. The SMILES string of the molecule is O=C(NCc1ccnc(N2CCCC2)c1)c1ccccc1Br. The number of nitrogens with zero attached hydrogens (tertiary/aromatic N) is 2. The van der Waals surface area contributed by atoms with E-state index in [9.17, 15) is 4.79 Å². The summed E-state index contributed by atoms with van der Waals surface area (Å²) < 4.78 is 0.806. The molecule has 1 amide bonds. The highest BCUT2D eigenvalue weighted by atomic mass is 79.9. The number of aromatic nitrogens is 1. The van der Waals surface area contributed by atoms with Crippen molar-refractivity contribution in [3.63, 3.8) is 0 Å². The van der Waals surface area contributed by atoms with Crippen LogP contribution in [0, 0.1) is 0 Å². The molecule has 1 aliphatic heterocycles. The Morgan fingerprint density at radius 3 is 2.77 bits per heavy atom. The van der Waals surface area contributed by atoms with Crippen LogP contribution in [-0.4, -0.2) is 24.0 Å². The van der Waals surface area contributed by atoms with Crippen LogP contribution in [0.1, 0.15) is 28.8 Å². The second-order valence-corrected chi connectivity index (χ2v) is 6.23. The number of carbonyl (C=O) groups excluding carboxylic acids is 1. The molecular weight excluding hydrogens is 342 g/mol. The minimum absolute atomic E-state index is 0.0768. The lowest BCUT2D eigenvalue weighted by atomic mass is 10.2. The zero-order valence-electron chi connectivity index (χ0n) is 12.3. The number of carbonyl (C=O) groups is 1. The van der Waals surface area contributed by atoms with E-state index in [1.807, 2.05) is 36.5 Å². The number of benzene rings is 1. The molecule has 3 rings (SSSR count). The quantitative estimate of drug-likeness (QED) is 0.909. The van der Waals surface area contributed by atoms with Crippen LogP contribution in [0.4, 0.5) is 5.82 Å². The van der Waals surface area contributed by atoms with Gasteiger partial charge in [-0.25, -0.2) is 4.98 Å². The van der Waals surface area contributed by atoms with Crippen LogP contribution in [0.3, 0.4) is 0 Å². The van der Waals surface area contributed by atoms with Crippen molar-refractivity contribution in [2.24, 2.45) is 0 Å². The smallest absolute Gasteiger partial charge is 0.252 e. The summed E-state index contributed by atoms with van der Waals surface area (Å²) in [4.78, 5) is 18.9. The third kappa shape index (κ3) is 3.47. The molecule has 0 spiro atoms. The van der Waals surface area contributed by atoms with Crippen LogP contribution < -0.4 is 10.2 Å². The molecule has 5 heteroatoms. The number of pyridine rings is 1. The minimum Gasteiger partial charge on any atom is -0.357 e. The summed E-state index contributed by atoms with van der Waals surface area (Å²) in [6.45, 7) is 2.64. The molecule has 0 atom stereocenters. The third-order valence-electron chi connectivity index (χ3n) is 3.81. The second-order valence-electron chi connectivity index (χ2n) is 5.38. The first-order valence-electron chi connectivity index (χ1n) is 7.46. The minimum atomic E-state index is -0.0768. The first-order valence-corrected chi connectivity index (χ1v) is 8.26. The summed E-state index contributed by atoms with van der Waals surface area (Å²) in [5.41, 5.74) is 1.72. The van der Waals surface area contributed by atoms with Crippen molar-refractivity contribution < 1.29 is 4.79 Å². The van der Waals surface area contributed by atoms with Crippen LogP contribution in [0.2, 0.25) is 0 Å². The fraction of sp³-hybridized carbons (Fsp3) is 0.294. The molecule has 0 saturated carbocycles. The normalized spacial score (nSPS) is 14.1. The number of rotatable bonds is 4. The summed E-state index contributed by atoms with van der Waals surface area (Å²) in [5, 5.41) is 2.96. The molecule has 114 valence electrons. The maximum absolute atomic E-state index is 12.2. The van der Waals surface area contributed by atoms with Crippen molar-refractivity contribution in [2.45, 2.75) is 19.4 Å². The lowest BCUT2D eigenvalue weighted by molar-refractivity contribution is 0.0950. The van der Waals surface area contributed by atoms with Gasteiger partial charge in [-0.1, -0.05) is 12.1 Å².